The summed E-state index contributed by atoms with van der Waals surface area (Å²) in [6, 6.07) is 1.90. The van der Waals surface area contributed by atoms with Crippen LogP contribution in [0.25, 0.3) is 0 Å². The van der Waals surface area contributed by atoms with E-state index in [2.05, 4.69) is 18.7 Å². The highest BCUT2D eigenvalue weighted by Crippen LogP contribution is 2.23. The first-order chi connectivity index (χ1) is 8.06. The van der Waals surface area contributed by atoms with Crippen LogP contribution in [-0.4, -0.2) is 22.6 Å². The summed E-state index contributed by atoms with van der Waals surface area (Å²) in [4.78, 5) is 13.6. The van der Waals surface area contributed by atoms with Crippen LogP contribution in [0.4, 0.5) is 0 Å². The summed E-state index contributed by atoms with van der Waals surface area (Å²) in [6.45, 7) is 6.11. The molecule has 0 aliphatic carbocycles. The molecule has 2 heterocycles. The first-order valence-electron chi connectivity index (χ1n) is 6.11. The van der Waals surface area contributed by atoms with E-state index in [0.29, 0.717) is 24.3 Å². The van der Waals surface area contributed by atoms with Crippen molar-refractivity contribution < 1.29 is 9.52 Å². The molecule has 2 rings (SSSR count). The van der Waals surface area contributed by atoms with Gasteiger partial charge in [0, 0.05) is 18.7 Å². The average Bonchev–Trinajstić information content (AvgIpc) is 2.29. The van der Waals surface area contributed by atoms with Crippen LogP contribution < -0.4 is 5.43 Å². The van der Waals surface area contributed by atoms with Gasteiger partial charge in [0.15, 0.2) is 5.75 Å². The first-order valence-corrected chi connectivity index (χ1v) is 6.11. The number of piperidine rings is 1. The van der Waals surface area contributed by atoms with Crippen LogP contribution in [-0.2, 0) is 6.54 Å². The Labute approximate surface area is 101 Å². The first kappa shape index (κ1) is 12.2. The van der Waals surface area contributed by atoms with Gasteiger partial charge < -0.3 is 9.52 Å². The molecule has 0 saturated carbocycles. The van der Waals surface area contributed by atoms with Gasteiger partial charge in [-0.15, -0.1) is 0 Å². The van der Waals surface area contributed by atoms with Crippen LogP contribution >= 0.6 is 0 Å². The minimum Gasteiger partial charge on any atom is -0.502 e. The van der Waals surface area contributed by atoms with Gasteiger partial charge in [-0.3, -0.25) is 9.69 Å². The Kier molecular flexibility index (Phi) is 3.52. The van der Waals surface area contributed by atoms with Gasteiger partial charge in [0.05, 0.1) is 6.54 Å². The molecule has 94 valence electrons. The molecular weight excluding hydrogens is 218 g/mol. The quantitative estimate of drug-likeness (QED) is 0.854. The lowest BCUT2D eigenvalue weighted by Gasteiger charge is -2.36. The molecule has 0 radical (unpaired) electrons. The standard InChI is InChI=1S/C13H19NO3/c1-9-3-4-10(2)14(6-9)7-11-5-12(15)13(16)8-17-11/h5,8-10,16H,3-4,6-7H2,1-2H3/t9-,10+/m1/s1. The van der Waals surface area contributed by atoms with Crippen molar-refractivity contribution in [2.24, 2.45) is 5.92 Å². The molecule has 1 fully saturated rings. The monoisotopic (exact) mass is 237 g/mol. The topological polar surface area (TPSA) is 53.7 Å². The Morgan fingerprint density at radius 2 is 2.24 bits per heavy atom. The molecule has 0 amide bonds. The van der Waals surface area contributed by atoms with Crippen LogP contribution in [0, 0.1) is 5.92 Å². The Morgan fingerprint density at radius 3 is 2.94 bits per heavy atom. The van der Waals surface area contributed by atoms with Gasteiger partial charge in [-0.2, -0.15) is 0 Å². The molecule has 1 saturated heterocycles. The molecule has 4 heteroatoms. The second kappa shape index (κ2) is 4.92. The molecule has 0 spiro atoms. The van der Waals surface area contributed by atoms with E-state index in [1.807, 2.05) is 0 Å². The van der Waals surface area contributed by atoms with Crippen molar-refractivity contribution in [3.05, 3.63) is 28.3 Å². The Bertz CT molecular complexity index is 441. The second-order valence-electron chi connectivity index (χ2n) is 5.06. The summed E-state index contributed by atoms with van der Waals surface area (Å²) in [7, 11) is 0. The maximum Gasteiger partial charge on any atom is 0.226 e. The number of nitrogens with zero attached hydrogens (tertiary/aromatic N) is 1. The zero-order valence-electron chi connectivity index (χ0n) is 10.3. The average molecular weight is 237 g/mol. The fourth-order valence-corrected chi connectivity index (χ4v) is 2.33. The number of rotatable bonds is 2. The zero-order valence-corrected chi connectivity index (χ0v) is 10.3. The van der Waals surface area contributed by atoms with E-state index in [0.717, 1.165) is 12.8 Å². The summed E-state index contributed by atoms with van der Waals surface area (Å²) >= 11 is 0. The minimum absolute atomic E-state index is 0.325. The number of hydrogen-bond donors (Lipinski definition) is 1. The Morgan fingerprint density at radius 1 is 1.47 bits per heavy atom. The molecule has 1 N–H and O–H groups in total. The second-order valence-corrected chi connectivity index (χ2v) is 5.06. The van der Waals surface area contributed by atoms with Crippen LogP contribution in [0.15, 0.2) is 21.5 Å². The molecule has 1 aliphatic heterocycles. The van der Waals surface area contributed by atoms with Crippen molar-refractivity contribution in [2.75, 3.05) is 6.54 Å². The largest absolute Gasteiger partial charge is 0.502 e. The molecule has 1 aromatic rings. The van der Waals surface area contributed by atoms with E-state index >= 15 is 0 Å². The summed E-state index contributed by atoms with van der Waals surface area (Å²) < 4.78 is 5.23. The highest BCUT2D eigenvalue weighted by Gasteiger charge is 2.23. The molecular formula is C13H19NO3. The molecule has 1 aromatic heterocycles. The van der Waals surface area contributed by atoms with E-state index in [9.17, 15) is 4.79 Å². The van der Waals surface area contributed by atoms with E-state index < -0.39 is 0 Å². The Balaban J connectivity index is 2.08. The van der Waals surface area contributed by atoms with Crippen molar-refractivity contribution in [3.8, 4) is 5.75 Å². The fourth-order valence-electron chi connectivity index (χ4n) is 2.33. The third-order valence-electron chi connectivity index (χ3n) is 3.47. The highest BCUT2D eigenvalue weighted by atomic mass is 16.4. The summed E-state index contributed by atoms with van der Waals surface area (Å²) in [5, 5.41) is 9.12. The predicted octanol–water partition coefficient (Wildman–Crippen LogP) is 1.97. The van der Waals surface area contributed by atoms with Gasteiger partial charge in [-0.1, -0.05) is 6.92 Å². The predicted molar refractivity (Wildman–Crippen MR) is 64.9 cm³/mol. The van der Waals surface area contributed by atoms with Crippen molar-refractivity contribution in [1.82, 2.24) is 4.90 Å². The van der Waals surface area contributed by atoms with E-state index in [4.69, 9.17) is 9.52 Å². The van der Waals surface area contributed by atoms with E-state index in [-0.39, 0.29) is 11.2 Å². The smallest absolute Gasteiger partial charge is 0.226 e. The lowest BCUT2D eigenvalue weighted by Crippen LogP contribution is -2.40. The Hall–Kier alpha value is -1.29. The summed E-state index contributed by atoms with van der Waals surface area (Å²) in [5.74, 6) is 0.984. The SMILES string of the molecule is C[C@@H]1CC[C@H](C)N(Cc2cc(=O)c(O)co2)C1. The van der Waals surface area contributed by atoms with Crippen LogP contribution in [0.2, 0.25) is 0 Å². The van der Waals surface area contributed by atoms with Crippen molar-refractivity contribution in [1.29, 1.82) is 0 Å². The normalized spacial score (nSPS) is 26.0. The summed E-state index contributed by atoms with van der Waals surface area (Å²) in [6.07, 6.45) is 3.57. The molecule has 0 unspecified atom stereocenters. The van der Waals surface area contributed by atoms with Gasteiger partial charge in [0.25, 0.3) is 0 Å². The molecule has 4 nitrogen and oxygen atoms in total. The minimum atomic E-state index is -0.371. The molecule has 17 heavy (non-hydrogen) atoms. The van der Waals surface area contributed by atoms with Crippen LogP contribution in [0.5, 0.6) is 5.75 Å². The molecule has 0 bridgehead atoms. The fraction of sp³-hybridized carbons (Fsp3) is 0.615. The lowest BCUT2D eigenvalue weighted by molar-refractivity contribution is 0.108. The highest BCUT2D eigenvalue weighted by molar-refractivity contribution is 5.15. The van der Waals surface area contributed by atoms with Crippen molar-refractivity contribution in [2.45, 2.75) is 39.3 Å². The maximum absolute atomic E-state index is 11.3. The number of hydrogen-bond acceptors (Lipinski definition) is 4. The third-order valence-corrected chi connectivity index (χ3v) is 3.47. The molecule has 1 aliphatic rings. The molecule has 2 atom stereocenters. The summed E-state index contributed by atoms with van der Waals surface area (Å²) in [5.41, 5.74) is -0.371. The third kappa shape index (κ3) is 2.88. The number of aromatic hydroxyl groups is 1. The van der Waals surface area contributed by atoms with Crippen molar-refractivity contribution >= 4 is 0 Å². The maximum atomic E-state index is 11.3. The van der Waals surface area contributed by atoms with Gasteiger partial charge in [-0.25, -0.2) is 0 Å². The van der Waals surface area contributed by atoms with E-state index in [1.54, 1.807) is 0 Å². The van der Waals surface area contributed by atoms with Crippen LogP contribution in [0.1, 0.15) is 32.4 Å². The van der Waals surface area contributed by atoms with Gasteiger partial charge >= 0.3 is 0 Å². The van der Waals surface area contributed by atoms with Crippen molar-refractivity contribution in [3.63, 3.8) is 0 Å². The van der Waals surface area contributed by atoms with Gasteiger partial charge in [-0.05, 0) is 25.7 Å². The van der Waals surface area contributed by atoms with Gasteiger partial charge in [0.1, 0.15) is 12.0 Å². The number of likely N-dealkylation sites (tertiary alicyclic amines) is 1. The van der Waals surface area contributed by atoms with Crippen LogP contribution in [0.3, 0.4) is 0 Å². The van der Waals surface area contributed by atoms with E-state index in [1.165, 1.54) is 18.9 Å². The molecule has 0 aromatic carbocycles. The zero-order chi connectivity index (χ0) is 12.4. The lowest BCUT2D eigenvalue weighted by atomic mass is 9.95. The van der Waals surface area contributed by atoms with Gasteiger partial charge in [0.2, 0.25) is 5.43 Å².